The van der Waals surface area contributed by atoms with Crippen molar-refractivity contribution in [3.8, 4) is 11.3 Å². The van der Waals surface area contributed by atoms with Gasteiger partial charge in [-0.25, -0.2) is 13.8 Å². The summed E-state index contributed by atoms with van der Waals surface area (Å²) in [6.07, 6.45) is -1.33. The van der Waals surface area contributed by atoms with E-state index in [1.807, 2.05) is 30.3 Å². The molecule has 0 amide bonds. The van der Waals surface area contributed by atoms with Crippen LogP contribution in [-0.4, -0.2) is 19.6 Å². The predicted molar refractivity (Wildman–Crippen MR) is 61.2 cm³/mol. The van der Waals surface area contributed by atoms with Crippen molar-refractivity contribution in [1.82, 2.24) is 19.6 Å². The third kappa shape index (κ3) is 1.71. The molecule has 4 nitrogen and oxygen atoms in total. The topological polar surface area (TPSA) is 43.1 Å². The molecule has 2 heterocycles. The van der Waals surface area contributed by atoms with Crippen LogP contribution in [0.15, 0.2) is 42.7 Å². The summed E-state index contributed by atoms with van der Waals surface area (Å²) >= 11 is 0. The Kier molecular flexibility index (Phi) is 2.47. The van der Waals surface area contributed by atoms with Crippen molar-refractivity contribution >= 4 is 5.78 Å². The molecule has 3 aromatic rings. The van der Waals surface area contributed by atoms with Crippen LogP contribution in [0.3, 0.4) is 0 Å². The molecule has 0 saturated heterocycles. The van der Waals surface area contributed by atoms with Crippen LogP contribution in [-0.2, 0) is 0 Å². The van der Waals surface area contributed by atoms with E-state index in [1.54, 1.807) is 0 Å². The maximum Gasteiger partial charge on any atom is 0.280 e. The molecule has 0 radical (unpaired) electrons. The largest absolute Gasteiger partial charge is 0.280 e. The quantitative estimate of drug-likeness (QED) is 0.698. The minimum absolute atomic E-state index is 0.173. The first kappa shape index (κ1) is 10.8. The number of fused-ring (bicyclic) bond motifs is 1. The Morgan fingerprint density at radius 3 is 2.61 bits per heavy atom. The van der Waals surface area contributed by atoms with Gasteiger partial charge in [0.05, 0.1) is 5.69 Å². The van der Waals surface area contributed by atoms with Crippen LogP contribution in [0.25, 0.3) is 17.0 Å². The lowest BCUT2D eigenvalue weighted by molar-refractivity contribution is 0.146. The maximum absolute atomic E-state index is 12.8. The lowest BCUT2D eigenvalue weighted by atomic mass is 10.1. The summed E-state index contributed by atoms with van der Waals surface area (Å²) in [5.74, 6) is 0.173. The molecule has 0 bridgehead atoms. The van der Waals surface area contributed by atoms with Crippen molar-refractivity contribution in [3.63, 3.8) is 0 Å². The van der Waals surface area contributed by atoms with Gasteiger partial charge < -0.3 is 0 Å². The Hall–Kier alpha value is -2.37. The monoisotopic (exact) mass is 246 g/mol. The third-order valence-electron chi connectivity index (χ3n) is 2.56. The van der Waals surface area contributed by atoms with E-state index < -0.39 is 6.43 Å². The van der Waals surface area contributed by atoms with Crippen molar-refractivity contribution in [1.29, 1.82) is 0 Å². The minimum Gasteiger partial charge on any atom is -0.210 e. The number of alkyl halides is 2. The predicted octanol–water partition coefficient (Wildman–Crippen LogP) is 2.73. The summed E-state index contributed by atoms with van der Waals surface area (Å²) in [6, 6.07) is 10.5. The second-order valence-electron chi connectivity index (χ2n) is 3.70. The second-order valence-corrected chi connectivity index (χ2v) is 3.70. The van der Waals surface area contributed by atoms with Gasteiger partial charge in [-0.2, -0.15) is 14.6 Å². The molecule has 0 saturated carbocycles. The SMILES string of the molecule is FC(F)c1cc(-c2ccccc2)n2ncnc2n1. The fourth-order valence-electron chi connectivity index (χ4n) is 1.76. The summed E-state index contributed by atoms with van der Waals surface area (Å²) in [7, 11) is 0. The molecule has 0 N–H and O–H groups in total. The van der Waals surface area contributed by atoms with Crippen molar-refractivity contribution in [3.05, 3.63) is 48.4 Å². The molecule has 18 heavy (non-hydrogen) atoms. The summed E-state index contributed by atoms with van der Waals surface area (Å²) in [5, 5.41) is 3.99. The normalized spacial score (nSPS) is 11.3. The summed E-state index contributed by atoms with van der Waals surface area (Å²) in [5.41, 5.74) is 1.04. The number of halogens is 2. The minimum atomic E-state index is -2.63. The molecular formula is C12H8F2N4. The third-order valence-corrected chi connectivity index (χ3v) is 2.56. The van der Waals surface area contributed by atoms with Gasteiger partial charge in [0.1, 0.15) is 12.0 Å². The van der Waals surface area contributed by atoms with Gasteiger partial charge in [-0.3, -0.25) is 0 Å². The summed E-state index contributed by atoms with van der Waals surface area (Å²) < 4.78 is 27.0. The number of hydrogen-bond acceptors (Lipinski definition) is 3. The maximum atomic E-state index is 12.8. The highest BCUT2D eigenvalue weighted by Gasteiger charge is 2.15. The lowest BCUT2D eigenvalue weighted by Gasteiger charge is -2.06. The zero-order valence-corrected chi connectivity index (χ0v) is 9.16. The molecule has 0 atom stereocenters. The van der Waals surface area contributed by atoms with Crippen molar-refractivity contribution in [2.24, 2.45) is 0 Å². The van der Waals surface area contributed by atoms with Gasteiger partial charge >= 0.3 is 0 Å². The van der Waals surface area contributed by atoms with E-state index in [2.05, 4.69) is 15.1 Å². The number of aromatic nitrogens is 4. The van der Waals surface area contributed by atoms with E-state index in [4.69, 9.17) is 0 Å². The molecule has 90 valence electrons. The Morgan fingerprint density at radius 2 is 1.89 bits per heavy atom. The van der Waals surface area contributed by atoms with E-state index in [1.165, 1.54) is 16.9 Å². The van der Waals surface area contributed by atoms with E-state index in [0.717, 1.165) is 5.56 Å². The zero-order chi connectivity index (χ0) is 12.5. The first-order valence-electron chi connectivity index (χ1n) is 5.30. The van der Waals surface area contributed by atoms with Crippen LogP contribution in [0.2, 0.25) is 0 Å². The molecule has 0 aliphatic heterocycles. The Bertz CT molecular complexity index is 679. The van der Waals surface area contributed by atoms with Gasteiger partial charge in [0.25, 0.3) is 12.2 Å². The first-order valence-corrected chi connectivity index (χ1v) is 5.30. The number of rotatable bonds is 2. The Balaban J connectivity index is 2.29. The van der Waals surface area contributed by atoms with Gasteiger partial charge in [-0.05, 0) is 6.07 Å². The van der Waals surface area contributed by atoms with Gasteiger partial charge in [-0.15, -0.1) is 0 Å². The van der Waals surface area contributed by atoms with Crippen molar-refractivity contribution in [2.75, 3.05) is 0 Å². The van der Waals surface area contributed by atoms with Crippen LogP contribution in [0.4, 0.5) is 8.78 Å². The summed E-state index contributed by atoms with van der Waals surface area (Å²) in [6.45, 7) is 0. The summed E-state index contributed by atoms with van der Waals surface area (Å²) in [4.78, 5) is 7.62. The average Bonchev–Trinajstić information content (AvgIpc) is 2.86. The van der Waals surface area contributed by atoms with E-state index in [0.29, 0.717) is 5.69 Å². The Morgan fingerprint density at radius 1 is 1.11 bits per heavy atom. The van der Waals surface area contributed by atoms with Crippen LogP contribution in [0.1, 0.15) is 12.1 Å². The molecule has 6 heteroatoms. The molecule has 1 aromatic carbocycles. The number of benzene rings is 1. The van der Waals surface area contributed by atoms with Crippen LogP contribution >= 0.6 is 0 Å². The highest BCUT2D eigenvalue weighted by Crippen LogP contribution is 2.24. The molecule has 0 unspecified atom stereocenters. The lowest BCUT2D eigenvalue weighted by Crippen LogP contribution is -2.01. The van der Waals surface area contributed by atoms with Crippen molar-refractivity contribution in [2.45, 2.75) is 6.43 Å². The smallest absolute Gasteiger partial charge is 0.210 e. The second kappa shape index (κ2) is 4.14. The fourth-order valence-corrected chi connectivity index (χ4v) is 1.76. The van der Waals surface area contributed by atoms with E-state index in [-0.39, 0.29) is 11.5 Å². The molecule has 0 aliphatic carbocycles. The van der Waals surface area contributed by atoms with Gasteiger partial charge in [0.15, 0.2) is 0 Å². The molecule has 3 rings (SSSR count). The average molecular weight is 246 g/mol. The zero-order valence-electron chi connectivity index (χ0n) is 9.16. The molecule has 0 aliphatic rings. The van der Waals surface area contributed by atoms with E-state index in [9.17, 15) is 8.78 Å². The number of hydrogen-bond donors (Lipinski definition) is 0. The van der Waals surface area contributed by atoms with Crippen LogP contribution in [0, 0.1) is 0 Å². The molecule has 2 aromatic heterocycles. The highest BCUT2D eigenvalue weighted by molar-refractivity contribution is 5.61. The van der Waals surface area contributed by atoms with Crippen LogP contribution in [0.5, 0.6) is 0 Å². The highest BCUT2D eigenvalue weighted by atomic mass is 19.3. The van der Waals surface area contributed by atoms with Crippen molar-refractivity contribution < 1.29 is 8.78 Å². The standard InChI is InChI=1S/C12H8F2N4/c13-11(14)9-6-10(8-4-2-1-3-5-8)18-12(17-9)15-7-16-18/h1-7,11H. The molecule has 0 spiro atoms. The van der Waals surface area contributed by atoms with Gasteiger partial charge in [0, 0.05) is 5.56 Å². The number of nitrogens with zero attached hydrogens (tertiary/aromatic N) is 4. The fraction of sp³-hybridized carbons (Fsp3) is 0.0833. The van der Waals surface area contributed by atoms with E-state index >= 15 is 0 Å². The van der Waals surface area contributed by atoms with Gasteiger partial charge in [0.2, 0.25) is 0 Å². The first-order chi connectivity index (χ1) is 8.75. The van der Waals surface area contributed by atoms with Crippen LogP contribution < -0.4 is 0 Å². The molecular weight excluding hydrogens is 238 g/mol. The van der Waals surface area contributed by atoms with Gasteiger partial charge in [-0.1, -0.05) is 30.3 Å². The Labute approximate surface area is 101 Å². The molecule has 0 fully saturated rings.